The third-order valence-corrected chi connectivity index (χ3v) is 4.36. The van der Waals surface area contributed by atoms with Gasteiger partial charge < -0.3 is 9.32 Å². The van der Waals surface area contributed by atoms with E-state index in [-0.39, 0.29) is 11.7 Å². The van der Waals surface area contributed by atoms with Gasteiger partial charge in [0.05, 0.1) is 6.07 Å². The Bertz CT molecular complexity index is 659. The Morgan fingerprint density at radius 3 is 2.64 bits per heavy atom. The molecule has 1 fully saturated rings. The number of hydrogen-bond acceptors (Lipinski definition) is 6. The first-order valence-electron chi connectivity index (χ1n) is 6.90. The van der Waals surface area contributed by atoms with E-state index in [2.05, 4.69) is 21.7 Å². The number of piperazine rings is 1. The van der Waals surface area contributed by atoms with Gasteiger partial charge in [0.2, 0.25) is 0 Å². The lowest BCUT2D eigenvalue weighted by Gasteiger charge is -2.34. The highest BCUT2D eigenvalue weighted by Crippen LogP contribution is 2.18. The number of carbonyl (C=O) groups is 1. The number of carbonyl (C=O) groups excluding carboxylic acids is 1. The summed E-state index contributed by atoms with van der Waals surface area (Å²) in [5, 5.41) is 14.8. The molecule has 3 heterocycles. The van der Waals surface area contributed by atoms with Gasteiger partial charge in [-0.3, -0.25) is 19.8 Å². The van der Waals surface area contributed by atoms with Crippen LogP contribution in [-0.4, -0.2) is 46.8 Å². The number of amides is 1. The molecule has 116 valence electrons. The Kier molecular flexibility index (Phi) is 4.21. The molecule has 3 rings (SSSR count). The van der Waals surface area contributed by atoms with Crippen molar-refractivity contribution in [3.8, 4) is 0 Å². The minimum Gasteiger partial charge on any atom is -0.395 e. The average Bonchev–Trinajstić information content (AvgIpc) is 3.18. The van der Waals surface area contributed by atoms with E-state index in [1.165, 1.54) is 17.7 Å². The molecule has 8 heteroatoms. The zero-order chi connectivity index (χ0) is 15.5. The molecule has 0 aromatic carbocycles. The van der Waals surface area contributed by atoms with Crippen molar-refractivity contribution in [3.05, 3.63) is 50.4 Å². The van der Waals surface area contributed by atoms with Crippen LogP contribution in [0.4, 0.5) is 5.88 Å². The summed E-state index contributed by atoms with van der Waals surface area (Å²) in [4.78, 5) is 26.2. The highest BCUT2D eigenvalue weighted by molar-refractivity contribution is 7.07. The van der Waals surface area contributed by atoms with Crippen LogP contribution in [0.3, 0.4) is 0 Å². The maximum atomic E-state index is 12.3. The molecule has 0 N–H and O–H groups in total. The van der Waals surface area contributed by atoms with Crippen LogP contribution in [0.1, 0.15) is 16.1 Å². The number of nitro groups is 1. The molecule has 0 atom stereocenters. The van der Waals surface area contributed by atoms with Crippen molar-refractivity contribution in [1.82, 2.24) is 9.80 Å². The van der Waals surface area contributed by atoms with Gasteiger partial charge in [-0.2, -0.15) is 11.3 Å². The highest BCUT2D eigenvalue weighted by Gasteiger charge is 2.25. The number of nitrogens with zero attached hydrogens (tertiary/aromatic N) is 3. The van der Waals surface area contributed by atoms with Gasteiger partial charge in [0.25, 0.3) is 5.91 Å². The molecule has 0 spiro atoms. The van der Waals surface area contributed by atoms with Crippen molar-refractivity contribution in [2.45, 2.75) is 6.54 Å². The van der Waals surface area contributed by atoms with Gasteiger partial charge >= 0.3 is 5.88 Å². The largest absolute Gasteiger partial charge is 0.433 e. The van der Waals surface area contributed by atoms with E-state index in [9.17, 15) is 14.9 Å². The Balaban J connectivity index is 1.56. The Labute approximate surface area is 130 Å². The molecule has 0 unspecified atom stereocenters. The molecule has 7 nitrogen and oxygen atoms in total. The first-order valence-corrected chi connectivity index (χ1v) is 7.85. The zero-order valence-electron chi connectivity index (χ0n) is 11.8. The van der Waals surface area contributed by atoms with Gasteiger partial charge in [0, 0.05) is 32.7 Å². The summed E-state index contributed by atoms with van der Waals surface area (Å²) in [6.07, 6.45) is 0. The second kappa shape index (κ2) is 6.29. The predicted octanol–water partition coefficient (Wildman–Crippen LogP) is 2.21. The van der Waals surface area contributed by atoms with Gasteiger partial charge in [0.1, 0.15) is 4.92 Å². The van der Waals surface area contributed by atoms with Crippen LogP contribution in [0.2, 0.25) is 0 Å². The van der Waals surface area contributed by atoms with Crippen LogP contribution < -0.4 is 0 Å². The van der Waals surface area contributed by atoms with Gasteiger partial charge in [-0.1, -0.05) is 0 Å². The van der Waals surface area contributed by atoms with E-state index in [1.807, 2.05) is 0 Å². The predicted molar refractivity (Wildman–Crippen MR) is 80.9 cm³/mol. The Hall–Kier alpha value is -2.19. The second-order valence-corrected chi connectivity index (χ2v) is 5.87. The number of furan rings is 1. The quantitative estimate of drug-likeness (QED) is 0.637. The summed E-state index contributed by atoms with van der Waals surface area (Å²) < 4.78 is 4.97. The number of hydrogen-bond donors (Lipinski definition) is 0. The fourth-order valence-electron chi connectivity index (χ4n) is 2.45. The van der Waals surface area contributed by atoms with Crippen molar-refractivity contribution in [3.63, 3.8) is 0 Å². The van der Waals surface area contributed by atoms with Gasteiger partial charge in [-0.05, 0) is 28.5 Å². The van der Waals surface area contributed by atoms with Crippen molar-refractivity contribution >= 4 is 23.1 Å². The monoisotopic (exact) mass is 321 g/mol. The maximum absolute atomic E-state index is 12.3. The molecule has 22 heavy (non-hydrogen) atoms. The van der Waals surface area contributed by atoms with E-state index < -0.39 is 10.8 Å². The Morgan fingerprint density at radius 2 is 2.05 bits per heavy atom. The molecule has 0 bridgehead atoms. The third-order valence-electron chi connectivity index (χ3n) is 3.63. The van der Waals surface area contributed by atoms with Crippen LogP contribution in [-0.2, 0) is 6.54 Å². The lowest BCUT2D eigenvalue weighted by molar-refractivity contribution is -0.402. The molecular weight excluding hydrogens is 306 g/mol. The molecular formula is C14H15N3O4S. The molecule has 1 aliphatic rings. The normalized spacial score (nSPS) is 15.9. The van der Waals surface area contributed by atoms with Crippen molar-refractivity contribution in [1.29, 1.82) is 0 Å². The second-order valence-electron chi connectivity index (χ2n) is 5.09. The minimum atomic E-state index is -0.643. The molecule has 0 aliphatic carbocycles. The smallest absolute Gasteiger partial charge is 0.395 e. The summed E-state index contributed by atoms with van der Waals surface area (Å²) in [5.74, 6) is -0.666. The van der Waals surface area contributed by atoms with Crippen LogP contribution in [0.5, 0.6) is 0 Å². The van der Waals surface area contributed by atoms with Crippen molar-refractivity contribution in [2.24, 2.45) is 0 Å². The summed E-state index contributed by atoms with van der Waals surface area (Å²) in [6.45, 7) is 3.64. The minimum absolute atomic E-state index is 0.0259. The van der Waals surface area contributed by atoms with Crippen LogP contribution in [0.25, 0.3) is 0 Å². The number of thiophene rings is 1. The van der Waals surface area contributed by atoms with Crippen LogP contribution in [0, 0.1) is 10.1 Å². The average molecular weight is 321 g/mol. The summed E-state index contributed by atoms with van der Waals surface area (Å²) in [5.41, 5.74) is 1.28. The lowest BCUT2D eigenvalue weighted by atomic mass is 10.2. The van der Waals surface area contributed by atoms with E-state index in [0.717, 1.165) is 19.6 Å². The van der Waals surface area contributed by atoms with E-state index >= 15 is 0 Å². The maximum Gasteiger partial charge on any atom is 0.433 e. The summed E-state index contributed by atoms with van der Waals surface area (Å²) in [7, 11) is 0. The van der Waals surface area contributed by atoms with E-state index in [1.54, 1.807) is 16.2 Å². The topological polar surface area (TPSA) is 79.8 Å². The molecule has 2 aromatic rings. The Morgan fingerprint density at radius 1 is 1.27 bits per heavy atom. The van der Waals surface area contributed by atoms with E-state index in [0.29, 0.717) is 13.1 Å². The fraction of sp³-hybridized carbons (Fsp3) is 0.357. The molecule has 1 amide bonds. The van der Waals surface area contributed by atoms with Gasteiger partial charge in [0.15, 0.2) is 5.76 Å². The van der Waals surface area contributed by atoms with Crippen LogP contribution >= 0.6 is 11.3 Å². The SMILES string of the molecule is O=C(c1ccc([N+](=O)[O-])o1)N1CCN(Cc2ccsc2)CC1. The fourth-order valence-corrected chi connectivity index (χ4v) is 3.11. The zero-order valence-corrected chi connectivity index (χ0v) is 12.6. The summed E-state index contributed by atoms with van der Waals surface area (Å²) in [6, 6.07) is 4.67. The molecule has 0 saturated carbocycles. The van der Waals surface area contributed by atoms with E-state index in [4.69, 9.17) is 4.42 Å². The van der Waals surface area contributed by atoms with Gasteiger partial charge in [-0.25, -0.2) is 0 Å². The molecule has 1 aliphatic heterocycles. The van der Waals surface area contributed by atoms with Crippen LogP contribution in [0.15, 0.2) is 33.4 Å². The van der Waals surface area contributed by atoms with Crippen molar-refractivity contribution in [2.75, 3.05) is 26.2 Å². The summed E-state index contributed by atoms with van der Waals surface area (Å²) >= 11 is 1.68. The number of rotatable bonds is 4. The molecule has 1 saturated heterocycles. The first kappa shape index (κ1) is 14.7. The van der Waals surface area contributed by atoms with Crippen molar-refractivity contribution < 1.29 is 14.1 Å². The highest BCUT2D eigenvalue weighted by atomic mass is 32.1. The molecule has 2 aromatic heterocycles. The lowest BCUT2D eigenvalue weighted by Crippen LogP contribution is -2.48. The molecule has 0 radical (unpaired) electrons. The first-order chi connectivity index (χ1) is 10.6. The standard InChI is InChI=1S/C14H15N3O4S/c18-14(12-1-2-13(21-12)17(19)20)16-6-4-15(5-7-16)9-11-3-8-22-10-11/h1-3,8,10H,4-7,9H2. The van der Waals surface area contributed by atoms with Gasteiger partial charge in [-0.15, -0.1) is 0 Å². The third kappa shape index (κ3) is 3.18.